The molecule has 0 fully saturated rings. The summed E-state index contributed by atoms with van der Waals surface area (Å²) in [5.74, 6) is 0.912. The van der Waals surface area contributed by atoms with Crippen molar-refractivity contribution in [1.29, 1.82) is 0 Å². The van der Waals surface area contributed by atoms with Gasteiger partial charge in [-0.3, -0.25) is 4.79 Å². The van der Waals surface area contributed by atoms with Crippen molar-refractivity contribution in [2.24, 2.45) is 0 Å². The Morgan fingerprint density at radius 3 is 2.62 bits per heavy atom. The van der Waals surface area contributed by atoms with Gasteiger partial charge in [-0.2, -0.15) is 0 Å². The summed E-state index contributed by atoms with van der Waals surface area (Å²) in [6, 6.07) is 17.2. The second-order valence-corrected chi connectivity index (χ2v) is 5.62. The minimum Gasteiger partial charge on any atom is -0.489 e. The van der Waals surface area contributed by atoms with E-state index >= 15 is 0 Å². The predicted octanol–water partition coefficient (Wildman–Crippen LogP) is 4.54. The maximum Gasteiger partial charge on any atom is 0.287 e. The zero-order valence-corrected chi connectivity index (χ0v) is 13.7. The number of rotatable bonds is 7. The molecule has 0 aliphatic rings. The molecule has 0 atom stereocenters. The molecule has 0 saturated carbocycles. The van der Waals surface area contributed by atoms with E-state index < -0.39 is 0 Å². The molecule has 1 heterocycles. The van der Waals surface area contributed by atoms with Crippen LogP contribution in [-0.2, 0) is 6.61 Å². The van der Waals surface area contributed by atoms with E-state index in [1.165, 1.54) is 0 Å². The highest BCUT2D eigenvalue weighted by Gasteiger charge is 2.20. The number of carbonyl (C=O) groups excluding carboxylic acids is 1. The van der Waals surface area contributed by atoms with E-state index in [0.29, 0.717) is 17.9 Å². The average Bonchev–Trinajstić information content (AvgIpc) is 3.00. The van der Waals surface area contributed by atoms with E-state index in [-0.39, 0.29) is 12.5 Å². The van der Waals surface area contributed by atoms with Crippen molar-refractivity contribution in [1.82, 2.24) is 5.32 Å². The van der Waals surface area contributed by atoms with E-state index in [2.05, 4.69) is 12.2 Å². The second-order valence-electron chi connectivity index (χ2n) is 5.62. The normalized spacial score (nSPS) is 10.7. The fourth-order valence-electron chi connectivity index (χ4n) is 2.56. The van der Waals surface area contributed by atoms with Crippen LogP contribution in [0, 0.1) is 0 Å². The summed E-state index contributed by atoms with van der Waals surface area (Å²) in [4.78, 5) is 12.5. The zero-order valence-electron chi connectivity index (χ0n) is 13.7. The number of fused-ring (bicyclic) bond motifs is 1. The molecule has 0 radical (unpaired) electrons. The summed E-state index contributed by atoms with van der Waals surface area (Å²) < 4.78 is 11.6. The zero-order chi connectivity index (χ0) is 16.8. The predicted molar refractivity (Wildman–Crippen MR) is 94.2 cm³/mol. The lowest BCUT2D eigenvalue weighted by molar-refractivity contribution is 0.0924. The first-order chi connectivity index (χ1) is 11.8. The first-order valence-corrected chi connectivity index (χ1v) is 8.26. The Morgan fingerprint density at radius 1 is 1.08 bits per heavy atom. The van der Waals surface area contributed by atoms with Gasteiger partial charge in [-0.05, 0) is 24.6 Å². The summed E-state index contributed by atoms with van der Waals surface area (Å²) in [6.45, 7) is 3.02. The van der Waals surface area contributed by atoms with Crippen LogP contribution in [0.3, 0.4) is 0 Å². The smallest absolute Gasteiger partial charge is 0.287 e. The lowest BCUT2D eigenvalue weighted by Crippen LogP contribution is -2.25. The molecule has 1 aromatic heterocycles. The molecule has 0 aliphatic heterocycles. The number of para-hydroxylation sites is 2. The molecule has 3 aromatic rings. The molecular formula is C20H21NO3. The van der Waals surface area contributed by atoms with Crippen molar-refractivity contribution >= 4 is 16.9 Å². The SMILES string of the molecule is CCCCNC(=O)c1oc2ccccc2c1COc1ccccc1. The monoisotopic (exact) mass is 323 g/mol. The Bertz CT molecular complexity index is 808. The van der Waals surface area contributed by atoms with Gasteiger partial charge in [0, 0.05) is 17.5 Å². The molecular weight excluding hydrogens is 302 g/mol. The summed E-state index contributed by atoms with van der Waals surface area (Å²) in [6.07, 6.45) is 1.98. The van der Waals surface area contributed by atoms with Gasteiger partial charge in [-0.1, -0.05) is 49.7 Å². The van der Waals surface area contributed by atoms with Gasteiger partial charge in [0.05, 0.1) is 0 Å². The molecule has 2 aromatic carbocycles. The molecule has 124 valence electrons. The van der Waals surface area contributed by atoms with Crippen LogP contribution in [0.1, 0.15) is 35.9 Å². The summed E-state index contributed by atoms with van der Waals surface area (Å²) in [7, 11) is 0. The number of amides is 1. The number of unbranched alkanes of at least 4 members (excludes halogenated alkanes) is 1. The van der Waals surface area contributed by atoms with Crippen LogP contribution >= 0.6 is 0 Å². The van der Waals surface area contributed by atoms with Crippen molar-refractivity contribution in [3.63, 3.8) is 0 Å². The summed E-state index contributed by atoms with van der Waals surface area (Å²) in [5, 5.41) is 3.82. The van der Waals surface area contributed by atoms with Crippen molar-refractivity contribution in [3.05, 3.63) is 65.9 Å². The number of nitrogens with one attached hydrogen (secondary N) is 1. The topological polar surface area (TPSA) is 51.5 Å². The highest BCUT2D eigenvalue weighted by Crippen LogP contribution is 2.27. The number of carbonyl (C=O) groups is 1. The highest BCUT2D eigenvalue weighted by molar-refractivity contribution is 5.99. The largest absolute Gasteiger partial charge is 0.489 e. The van der Waals surface area contributed by atoms with Crippen molar-refractivity contribution < 1.29 is 13.9 Å². The van der Waals surface area contributed by atoms with Crippen molar-refractivity contribution in [2.45, 2.75) is 26.4 Å². The van der Waals surface area contributed by atoms with Crippen LogP contribution in [-0.4, -0.2) is 12.5 Å². The molecule has 0 unspecified atom stereocenters. The summed E-state index contributed by atoms with van der Waals surface area (Å²) >= 11 is 0. The molecule has 1 amide bonds. The number of benzene rings is 2. The van der Waals surface area contributed by atoms with Crippen molar-refractivity contribution in [3.8, 4) is 5.75 Å². The maximum atomic E-state index is 12.5. The molecule has 0 aliphatic carbocycles. The number of furan rings is 1. The second kappa shape index (κ2) is 7.68. The Balaban J connectivity index is 1.86. The Labute approximate surface area is 141 Å². The quantitative estimate of drug-likeness (QED) is 0.649. The molecule has 3 rings (SSSR count). The van der Waals surface area contributed by atoms with E-state index in [9.17, 15) is 4.79 Å². The minimum atomic E-state index is -0.189. The van der Waals surface area contributed by atoms with E-state index in [1.807, 2.05) is 54.6 Å². The molecule has 0 saturated heterocycles. The first kappa shape index (κ1) is 16.1. The highest BCUT2D eigenvalue weighted by atomic mass is 16.5. The van der Waals surface area contributed by atoms with Gasteiger partial charge in [0.1, 0.15) is 17.9 Å². The third-order valence-corrected chi connectivity index (χ3v) is 3.85. The minimum absolute atomic E-state index is 0.189. The molecule has 24 heavy (non-hydrogen) atoms. The molecule has 4 heteroatoms. The van der Waals surface area contributed by atoms with Crippen molar-refractivity contribution in [2.75, 3.05) is 6.54 Å². The van der Waals surface area contributed by atoms with Crippen LogP contribution in [0.15, 0.2) is 59.0 Å². The maximum absolute atomic E-state index is 12.5. The van der Waals surface area contributed by atoms with E-state index in [0.717, 1.165) is 29.5 Å². The third kappa shape index (κ3) is 3.59. The van der Waals surface area contributed by atoms with Gasteiger partial charge in [-0.15, -0.1) is 0 Å². The van der Waals surface area contributed by atoms with Gasteiger partial charge in [0.2, 0.25) is 0 Å². The van der Waals surface area contributed by atoms with E-state index in [1.54, 1.807) is 0 Å². The van der Waals surface area contributed by atoms with Gasteiger partial charge in [-0.25, -0.2) is 0 Å². The lowest BCUT2D eigenvalue weighted by atomic mass is 10.1. The Kier molecular flexibility index (Phi) is 5.16. The molecule has 1 N–H and O–H groups in total. The number of hydrogen-bond acceptors (Lipinski definition) is 3. The van der Waals surface area contributed by atoms with Gasteiger partial charge in [0.25, 0.3) is 5.91 Å². The summed E-state index contributed by atoms with van der Waals surface area (Å²) in [5.41, 5.74) is 1.48. The van der Waals surface area contributed by atoms with Gasteiger partial charge >= 0.3 is 0 Å². The first-order valence-electron chi connectivity index (χ1n) is 8.26. The number of ether oxygens (including phenoxy) is 1. The molecule has 0 bridgehead atoms. The van der Waals surface area contributed by atoms with Gasteiger partial charge < -0.3 is 14.5 Å². The lowest BCUT2D eigenvalue weighted by Gasteiger charge is -2.07. The Morgan fingerprint density at radius 2 is 1.83 bits per heavy atom. The fraction of sp³-hybridized carbons (Fsp3) is 0.250. The van der Waals surface area contributed by atoms with E-state index in [4.69, 9.17) is 9.15 Å². The fourth-order valence-corrected chi connectivity index (χ4v) is 2.56. The van der Waals surface area contributed by atoms with Gasteiger partial charge in [0.15, 0.2) is 5.76 Å². The number of hydrogen-bond donors (Lipinski definition) is 1. The van der Waals surface area contributed by atoms with Crippen LogP contribution < -0.4 is 10.1 Å². The van der Waals surface area contributed by atoms with Crippen LogP contribution in [0.4, 0.5) is 0 Å². The van der Waals surface area contributed by atoms with Crippen LogP contribution in [0.5, 0.6) is 5.75 Å². The average molecular weight is 323 g/mol. The van der Waals surface area contributed by atoms with Crippen LogP contribution in [0.25, 0.3) is 11.0 Å². The third-order valence-electron chi connectivity index (χ3n) is 3.85. The molecule has 4 nitrogen and oxygen atoms in total. The molecule has 0 spiro atoms. The van der Waals surface area contributed by atoms with Crippen LogP contribution in [0.2, 0.25) is 0 Å². The Hall–Kier alpha value is -2.75. The standard InChI is InChI=1S/C20H21NO3/c1-2-3-13-21-20(22)19-17(14-23-15-9-5-4-6-10-15)16-11-7-8-12-18(16)24-19/h4-12H,2-3,13-14H2,1H3,(H,21,22).